The van der Waals surface area contributed by atoms with Crippen molar-refractivity contribution in [2.45, 2.75) is 31.7 Å². The Balaban J connectivity index is 1.61. The molecule has 2 atom stereocenters. The van der Waals surface area contributed by atoms with Gasteiger partial charge in [-0.15, -0.1) is 0 Å². The third-order valence-electron chi connectivity index (χ3n) is 7.34. The lowest BCUT2D eigenvalue weighted by molar-refractivity contribution is 0.353. The van der Waals surface area contributed by atoms with Crippen LogP contribution in [0.3, 0.4) is 0 Å². The molecule has 5 rings (SSSR count). The largest absolute Gasteiger partial charge is 0.493 e. The van der Waals surface area contributed by atoms with Gasteiger partial charge in [-0.2, -0.15) is 5.10 Å². The van der Waals surface area contributed by atoms with Gasteiger partial charge in [0.1, 0.15) is 0 Å². The number of halogens is 1. The van der Waals surface area contributed by atoms with Crippen molar-refractivity contribution in [2.75, 3.05) is 33.4 Å². The van der Waals surface area contributed by atoms with E-state index < -0.39 is 0 Å². The molecule has 1 aliphatic carbocycles. The Morgan fingerprint density at radius 3 is 2.13 bits per heavy atom. The van der Waals surface area contributed by atoms with Crippen molar-refractivity contribution in [1.82, 2.24) is 0 Å². The monoisotopic (exact) mass is 576 g/mol. The van der Waals surface area contributed by atoms with E-state index in [9.17, 15) is 0 Å². The molecule has 1 aliphatic heterocycles. The van der Waals surface area contributed by atoms with Crippen LogP contribution in [0.1, 0.15) is 42.9 Å². The topological polar surface area (TPSA) is 52.5 Å². The molecule has 38 heavy (non-hydrogen) atoms. The molecule has 7 heteroatoms. The molecule has 3 aromatic carbocycles. The Bertz CT molecular complexity index is 1350. The zero-order valence-corrected chi connectivity index (χ0v) is 23.8. The van der Waals surface area contributed by atoms with Gasteiger partial charge < -0.3 is 18.9 Å². The number of rotatable bonds is 7. The molecule has 0 spiro atoms. The molecule has 3 aromatic rings. The number of ether oxygens (including phenoxy) is 4. The summed E-state index contributed by atoms with van der Waals surface area (Å²) in [6.45, 7) is 0. The second-order valence-corrected chi connectivity index (χ2v) is 10.4. The fourth-order valence-electron chi connectivity index (χ4n) is 5.49. The third kappa shape index (κ3) is 5.12. The van der Waals surface area contributed by atoms with Crippen LogP contribution < -0.4 is 24.0 Å². The van der Waals surface area contributed by atoms with E-state index in [0.717, 1.165) is 75.7 Å². The fraction of sp³-hybridized carbons (Fsp3) is 0.323. The van der Waals surface area contributed by atoms with E-state index in [1.165, 1.54) is 5.57 Å². The lowest BCUT2D eigenvalue weighted by Crippen LogP contribution is -2.25. The first kappa shape index (κ1) is 26.2. The van der Waals surface area contributed by atoms with E-state index >= 15 is 0 Å². The molecule has 0 saturated heterocycles. The van der Waals surface area contributed by atoms with Gasteiger partial charge in [-0.3, -0.25) is 5.01 Å². The number of hydrazone groups is 1. The first-order valence-electron chi connectivity index (χ1n) is 12.8. The summed E-state index contributed by atoms with van der Waals surface area (Å²) in [6, 6.07) is 20.7. The van der Waals surface area contributed by atoms with E-state index in [4.69, 9.17) is 24.0 Å². The average molecular weight is 578 g/mol. The highest BCUT2D eigenvalue weighted by molar-refractivity contribution is 9.10. The quantitative estimate of drug-likeness (QED) is 0.289. The Morgan fingerprint density at radius 1 is 0.789 bits per heavy atom. The van der Waals surface area contributed by atoms with Crippen LogP contribution in [0.15, 0.2) is 75.8 Å². The van der Waals surface area contributed by atoms with Crippen LogP contribution in [-0.4, -0.2) is 34.2 Å². The molecule has 2 unspecified atom stereocenters. The SMILES string of the molecule is COc1ccc(/C=C2\CCCCC3C2=NN(c2ccc(Br)cc2)C3c2ccc(OC)c(OC)c2)cc1OC. The predicted octanol–water partition coefficient (Wildman–Crippen LogP) is 7.67. The van der Waals surface area contributed by atoms with Crippen molar-refractivity contribution in [3.8, 4) is 23.0 Å². The molecule has 1 fully saturated rings. The van der Waals surface area contributed by atoms with Gasteiger partial charge in [0.15, 0.2) is 23.0 Å². The maximum Gasteiger partial charge on any atom is 0.161 e. The summed E-state index contributed by atoms with van der Waals surface area (Å²) < 4.78 is 23.2. The van der Waals surface area contributed by atoms with Gasteiger partial charge in [-0.25, -0.2) is 0 Å². The van der Waals surface area contributed by atoms with Gasteiger partial charge >= 0.3 is 0 Å². The zero-order valence-electron chi connectivity index (χ0n) is 22.2. The van der Waals surface area contributed by atoms with Gasteiger partial charge in [-0.1, -0.05) is 34.5 Å². The van der Waals surface area contributed by atoms with E-state index in [0.29, 0.717) is 0 Å². The molecule has 0 amide bonds. The summed E-state index contributed by atoms with van der Waals surface area (Å²) in [7, 11) is 6.67. The first-order chi connectivity index (χ1) is 18.6. The smallest absolute Gasteiger partial charge is 0.161 e. The Kier molecular flexibility index (Phi) is 7.93. The Labute approximate surface area is 233 Å². The summed E-state index contributed by atoms with van der Waals surface area (Å²) >= 11 is 3.58. The molecule has 0 aromatic heterocycles. The summed E-state index contributed by atoms with van der Waals surface area (Å²) in [5, 5.41) is 7.50. The molecule has 1 saturated carbocycles. The Hall–Kier alpha value is -3.45. The van der Waals surface area contributed by atoms with E-state index in [1.54, 1.807) is 28.4 Å². The number of hydrogen-bond donors (Lipinski definition) is 0. The van der Waals surface area contributed by atoms with E-state index in [1.807, 2.05) is 18.2 Å². The second-order valence-electron chi connectivity index (χ2n) is 9.50. The van der Waals surface area contributed by atoms with Crippen LogP contribution in [0.5, 0.6) is 23.0 Å². The number of nitrogens with zero attached hydrogens (tertiary/aromatic N) is 2. The molecule has 0 radical (unpaired) electrons. The van der Waals surface area contributed by atoms with Gasteiger partial charge in [0.25, 0.3) is 0 Å². The van der Waals surface area contributed by atoms with Crippen molar-refractivity contribution >= 4 is 33.4 Å². The van der Waals surface area contributed by atoms with Crippen LogP contribution in [0.4, 0.5) is 5.69 Å². The minimum atomic E-state index is 0.0397. The number of allylic oxidation sites excluding steroid dienone is 1. The lowest BCUT2D eigenvalue weighted by Gasteiger charge is -2.29. The summed E-state index contributed by atoms with van der Waals surface area (Å²) in [5.41, 5.74) is 5.70. The summed E-state index contributed by atoms with van der Waals surface area (Å²) in [6.07, 6.45) is 6.58. The van der Waals surface area contributed by atoms with Crippen molar-refractivity contribution in [3.63, 3.8) is 0 Å². The van der Waals surface area contributed by atoms with Crippen LogP contribution in [0.2, 0.25) is 0 Å². The highest BCUT2D eigenvalue weighted by Gasteiger charge is 2.41. The van der Waals surface area contributed by atoms with Gasteiger partial charge in [0.2, 0.25) is 0 Å². The van der Waals surface area contributed by atoms with Crippen molar-refractivity contribution < 1.29 is 18.9 Å². The van der Waals surface area contributed by atoms with Gasteiger partial charge in [-0.05, 0) is 90.6 Å². The molecule has 1 heterocycles. The normalized spacial score (nSPS) is 20.0. The highest BCUT2D eigenvalue weighted by Crippen LogP contribution is 2.47. The summed E-state index contributed by atoms with van der Waals surface area (Å²) in [5.74, 6) is 3.14. The minimum absolute atomic E-state index is 0.0397. The molecular formula is C31H33BrN2O4. The molecule has 6 nitrogen and oxygen atoms in total. The number of methoxy groups -OCH3 is 4. The minimum Gasteiger partial charge on any atom is -0.493 e. The van der Waals surface area contributed by atoms with Crippen molar-refractivity contribution in [3.05, 3.63) is 81.8 Å². The van der Waals surface area contributed by atoms with Gasteiger partial charge in [0.05, 0.1) is 45.9 Å². The molecule has 198 valence electrons. The Morgan fingerprint density at radius 2 is 1.45 bits per heavy atom. The second kappa shape index (κ2) is 11.5. The first-order valence-corrected chi connectivity index (χ1v) is 13.6. The van der Waals surface area contributed by atoms with Crippen LogP contribution in [0.25, 0.3) is 6.08 Å². The van der Waals surface area contributed by atoms with Crippen LogP contribution in [0, 0.1) is 5.92 Å². The van der Waals surface area contributed by atoms with Gasteiger partial charge in [0, 0.05) is 10.4 Å². The molecule has 0 bridgehead atoms. The average Bonchev–Trinajstić information content (AvgIpc) is 3.22. The highest BCUT2D eigenvalue weighted by atomic mass is 79.9. The standard InChI is InChI=1S/C31H33BrN2O4/c1-35-26-15-9-20(18-28(26)37-3)17-21-7-5-6-8-25-30(21)33-34(24-13-11-23(32)12-14-24)31(25)22-10-16-27(36-2)29(19-22)38-4/h9-19,25,31H,5-8H2,1-4H3/b21-17+. The van der Waals surface area contributed by atoms with E-state index in [2.05, 4.69) is 69.5 Å². The van der Waals surface area contributed by atoms with Crippen LogP contribution >= 0.6 is 15.9 Å². The maximum atomic E-state index is 5.67. The molecule has 2 aliphatic rings. The zero-order chi connectivity index (χ0) is 26.6. The number of anilines is 1. The molecule has 0 N–H and O–H groups in total. The lowest BCUT2D eigenvalue weighted by atomic mass is 9.84. The third-order valence-corrected chi connectivity index (χ3v) is 7.87. The molecular weight excluding hydrogens is 544 g/mol. The number of hydrogen-bond acceptors (Lipinski definition) is 6. The summed E-state index contributed by atoms with van der Waals surface area (Å²) in [4.78, 5) is 0. The number of benzene rings is 3. The predicted molar refractivity (Wildman–Crippen MR) is 156 cm³/mol. The fourth-order valence-corrected chi connectivity index (χ4v) is 5.75. The van der Waals surface area contributed by atoms with E-state index in [-0.39, 0.29) is 12.0 Å². The van der Waals surface area contributed by atoms with Crippen molar-refractivity contribution in [1.29, 1.82) is 0 Å². The number of fused-ring (bicyclic) bond motifs is 1. The van der Waals surface area contributed by atoms with Crippen molar-refractivity contribution in [2.24, 2.45) is 11.0 Å². The maximum absolute atomic E-state index is 5.67. The van der Waals surface area contributed by atoms with Crippen LogP contribution in [-0.2, 0) is 0 Å².